The number of hydrogen-bond acceptors (Lipinski definition) is 0. The maximum Gasteiger partial charge on any atom is -0.0348 e. The molecule has 224 valence electrons. The van der Waals surface area contributed by atoms with Gasteiger partial charge < -0.3 is 0 Å². The first-order valence-electron chi connectivity index (χ1n) is 17.5. The summed E-state index contributed by atoms with van der Waals surface area (Å²) in [6.45, 7) is 23.7. The van der Waals surface area contributed by atoms with Crippen molar-refractivity contribution in [3.63, 3.8) is 0 Å². The molecular formula is C38H72. The van der Waals surface area contributed by atoms with E-state index in [1.54, 1.807) is 0 Å². The van der Waals surface area contributed by atoms with Gasteiger partial charge in [-0.1, -0.05) is 131 Å². The van der Waals surface area contributed by atoms with Crippen molar-refractivity contribution in [1.82, 2.24) is 0 Å². The van der Waals surface area contributed by atoms with Gasteiger partial charge in [-0.05, 0) is 105 Å². The highest BCUT2D eigenvalue weighted by molar-refractivity contribution is 4.87. The molecule has 0 aliphatic heterocycles. The number of hydrogen-bond donors (Lipinski definition) is 0. The van der Waals surface area contributed by atoms with E-state index in [1.807, 2.05) is 0 Å². The van der Waals surface area contributed by atoms with Gasteiger partial charge in [0.2, 0.25) is 0 Å². The number of unbranched alkanes of at least 4 members (excludes halogenated alkanes) is 2. The van der Waals surface area contributed by atoms with E-state index in [1.165, 1.54) is 109 Å². The largest absolute Gasteiger partial charge is 0.103 e. The van der Waals surface area contributed by atoms with Gasteiger partial charge in [-0.2, -0.15) is 0 Å². The lowest BCUT2D eigenvalue weighted by Gasteiger charge is -2.39. The molecule has 8 unspecified atom stereocenters. The van der Waals surface area contributed by atoms with Crippen molar-refractivity contribution in [2.24, 2.45) is 53.3 Å². The standard InChI is InChI=1S/C38H72/c1-10-13-15-16-17-26-38(36(12-3)24-19-18-21-31(6)27-33(8)30(4)5)34(9)37-25-20-23-35(22-14-11-2)28-32(7)29-37/h11,15-16,30-38H,2,10,12-14,17-29H2,1,3-9H3. The summed E-state index contributed by atoms with van der Waals surface area (Å²) >= 11 is 0. The Balaban J connectivity index is 2.77. The highest BCUT2D eigenvalue weighted by atomic mass is 14.4. The van der Waals surface area contributed by atoms with E-state index in [9.17, 15) is 0 Å². The Bertz CT molecular complexity index is 585. The van der Waals surface area contributed by atoms with Crippen molar-refractivity contribution in [2.45, 2.75) is 165 Å². The second kappa shape index (κ2) is 21.3. The van der Waals surface area contributed by atoms with Crippen LogP contribution in [0.25, 0.3) is 0 Å². The molecule has 0 aromatic rings. The molecule has 1 saturated carbocycles. The predicted octanol–water partition coefficient (Wildman–Crippen LogP) is 13.1. The van der Waals surface area contributed by atoms with Crippen molar-refractivity contribution < 1.29 is 0 Å². The summed E-state index contributed by atoms with van der Waals surface area (Å²) in [5.74, 6) is 8.02. The SMILES string of the molecule is C=CCCC1CCCC(C(C)C(CCC=CCCC)C(CC)CCCCC(C)CC(C)C(C)C)CC(C)C1. The van der Waals surface area contributed by atoms with Gasteiger partial charge in [0.05, 0.1) is 0 Å². The second-order valence-corrected chi connectivity index (χ2v) is 14.4. The summed E-state index contributed by atoms with van der Waals surface area (Å²) in [4.78, 5) is 0. The first-order valence-corrected chi connectivity index (χ1v) is 17.5. The lowest BCUT2D eigenvalue weighted by molar-refractivity contribution is 0.114. The van der Waals surface area contributed by atoms with Crippen LogP contribution in [0, 0.1) is 53.3 Å². The van der Waals surface area contributed by atoms with Crippen LogP contribution >= 0.6 is 0 Å². The summed E-state index contributed by atoms with van der Waals surface area (Å²) < 4.78 is 0. The van der Waals surface area contributed by atoms with Crippen molar-refractivity contribution in [3.05, 3.63) is 24.8 Å². The Morgan fingerprint density at radius 2 is 1.55 bits per heavy atom. The summed E-state index contributed by atoms with van der Waals surface area (Å²) in [5.41, 5.74) is 0. The van der Waals surface area contributed by atoms with Gasteiger partial charge in [-0.15, -0.1) is 6.58 Å². The van der Waals surface area contributed by atoms with Crippen LogP contribution in [0.5, 0.6) is 0 Å². The van der Waals surface area contributed by atoms with Crippen molar-refractivity contribution >= 4 is 0 Å². The molecule has 38 heavy (non-hydrogen) atoms. The minimum absolute atomic E-state index is 0.824. The molecule has 0 aromatic heterocycles. The van der Waals surface area contributed by atoms with Gasteiger partial charge in [0, 0.05) is 0 Å². The smallest absolute Gasteiger partial charge is 0.0348 e. The van der Waals surface area contributed by atoms with Crippen LogP contribution in [0.15, 0.2) is 24.8 Å². The Morgan fingerprint density at radius 1 is 0.842 bits per heavy atom. The topological polar surface area (TPSA) is 0 Å². The summed E-state index contributed by atoms with van der Waals surface area (Å²) in [6.07, 6.45) is 30.8. The van der Waals surface area contributed by atoms with Gasteiger partial charge in [0.15, 0.2) is 0 Å². The van der Waals surface area contributed by atoms with Crippen LogP contribution in [0.1, 0.15) is 165 Å². The average molecular weight is 529 g/mol. The van der Waals surface area contributed by atoms with Gasteiger partial charge in [0.1, 0.15) is 0 Å². The van der Waals surface area contributed by atoms with Crippen LogP contribution in [-0.4, -0.2) is 0 Å². The second-order valence-electron chi connectivity index (χ2n) is 14.4. The molecule has 0 heteroatoms. The third-order valence-electron chi connectivity index (χ3n) is 10.7. The Kier molecular flexibility index (Phi) is 19.9. The Morgan fingerprint density at radius 3 is 2.21 bits per heavy atom. The van der Waals surface area contributed by atoms with E-state index in [-0.39, 0.29) is 0 Å². The number of allylic oxidation sites excluding steroid dienone is 3. The molecule has 1 rings (SSSR count). The predicted molar refractivity (Wildman–Crippen MR) is 175 cm³/mol. The molecule has 8 atom stereocenters. The summed E-state index contributed by atoms with van der Waals surface area (Å²) in [6, 6.07) is 0. The van der Waals surface area contributed by atoms with Crippen LogP contribution in [0.4, 0.5) is 0 Å². The molecule has 0 bridgehead atoms. The average Bonchev–Trinajstić information content (AvgIpc) is 2.87. The van der Waals surface area contributed by atoms with Crippen molar-refractivity contribution in [2.75, 3.05) is 0 Å². The van der Waals surface area contributed by atoms with E-state index in [0.29, 0.717) is 0 Å². The molecule has 0 aromatic carbocycles. The molecule has 0 saturated heterocycles. The summed E-state index contributed by atoms with van der Waals surface area (Å²) in [7, 11) is 0. The van der Waals surface area contributed by atoms with E-state index in [0.717, 1.165) is 53.3 Å². The third kappa shape index (κ3) is 14.7. The molecule has 0 heterocycles. The zero-order chi connectivity index (χ0) is 28.3. The molecule has 0 N–H and O–H groups in total. The first-order chi connectivity index (χ1) is 18.2. The minimum Gasteiger partial charge on any atom is -0.103 e. The lowest BCUT2D eigenvalue weighted by atomic mass is 9.66. The normalized spacial score (nSPS) is 25.0. The fourth-order valence-electron chi connectivity index (χ4n) is 7.79. The Hall–Kier alpha value is -0.520. The van der Waals surface area contributed by atoms with E-state index >= 15 is 0 Å². The molecule has 1 aliphatic rings. The molecule has 1 fully saturated rings. The Labute approximate surface area is 242 Å². The fourth-order valence-corrected chi connectivity index (χ4v) is 7.79. The molecule has 0 spiro atoms. The molecule has 0 nitrogen and oxygen atoms in total. The van der Waals surface area contributed by atoms with Crippen molar-refractivity contribution in [1.29, 1.82) is 0 Å². The third-order valence-corrected chi connectivity index (χ3v) is 10.7. The maximum absolute atomic E-state index is 3.97. The molecule has 0 amide bonds. The summed E-state index contributed by atoms with van der Waals surface area (Å²) in [5, 5.41) is 0. The van der Waals surface area contributed by atoms with Gasteiger partial charge >= 0.3 is 0 Å². The highest BCUT2D eigenvalue weighted by Gasteiger charge is 2.32. The fraction of sp³-hybridized carbons (Fsp3) is 0.895. The maximum atomic E-state index is 3.97. The lowest BCUT2D eigenvalue weighted by Crippen LogP contribution is -2.30. The first kappa shape index (κ1) is 35.5. The number of rotatable bonds is 20. The zero-order valence-electron chi connectivity index (χ0n) is 27.7. The minimum atomic E-state index is 0.824. The van der Waals surface area contributed by atoms with E-state index < -0.39 is 0 Å². The van der Waals surface area contributed by atoms with Crippen LogP contribution in [0.2, 0.25) is 0 Å². The highest BCUT2D eigenvalue weighted by Crippen LogP contribution is 2.42. The van der Waals surface area contributed by atoms with E-state index in [4.69, 9.17) is 0 Å². The van der Waals surface area contributed by atoms with Gasteiger partial charge in [-0.25, -0.2) is 0 Å². The molecular weight excluding hydrogens is 456 g/mol. The van der Waals surface area contributed by atoms with E-state index in [2.05, 4.69) is 80.2 Å². The van der Waals surface area contributed by atoms with Gasteiger partial charge in [-0.3, -0.25) is 0 Å². The van der Waals surface area contributed by atoms with Gasteiger partial charge in [0.25, 0.3) is 0 Å². The van der Waals surface area contributed by atoms with Crippen LogP contribution in [0.3, 0.4) is 0 Å². The molecule has 0 radical (unpaired) electrons. The monoisotopic (exact) mass is 529 g/mol. The van der Waals surface area contributed by atoms with Crippen LogP contribution < -0.4 is 0 Å². The molecule has 1 aliphatic carbocycles. The quantitative estimate of drug-likeness (QED) is 0.109. The van der Waals surface area contributed by atoms with Crippen molar-refractivity contribution in [3.8, 4) is 0 Å². The zero-order valence-corrected chi connectivity index (χ0v) is 27.7. The van der Waals surface area contributed by atoms with Crippen LogP contribution in [-0.2, 0) is 0 Å².